The van der Waals surface area contributed by atoms with E-state index < -0.39 is 18.0 Å². The van der Waals surface area contributed by atoms with Crippen molar-refractivity contribution in [2.45, 2.75) is 13.0 Å². The second kappa shape index (κ2) is 9.09. The van der Waals surface area contributed by atoms with Gasteiger partial charge in [0.05, 0.1) is 10.6 Å². The summed E-state index contributed by atoms with van der Waals surface area (Å²) in [5, 5.41) is 12.1. The average Bonchev–Trinajstić information content (AvgIpc) is 2.60. The van der Waals surface area contributed by atoms with Gasteiger partial charge in [-0.05, 0) is 43.3 Å². The maximum atomic E-state index is 12.1. The van der Waals surface area contributed by atoms with Crippen LogP contribution in [-0.4, -0.2) is 24.6 Å². The van der Waals surface area contributed by atoms with Crippen molar-refractivity contribution in [1.29, 1.82) is 5.26 Å². The summed E-state index contributed by atoms with van der Waals surface area (Å²) in [6.07, 6.45) is -1.04. The number of halogens is 2. The zero-order chi connectivity index (χ0) is 19.1. The Hall–Kier alpha value is -2.75. The van der Waals surface area contributed by atoms with Crippen LogP contribution in [0.5, 0.6) is 5.75 Å². The number of nitrogens with one attached hydrogen (secondary N) is 1. The molecule has 1 amide bonds. The first-order chi connectivity index (χ1) is 12.4. The third-order valence-corrected chi connectivity index (χ3v) is 3.74. The molecule has 1 N–H and O–H groups in total. The molecule has 0 aliphatic carbocycles. The highest BCUT2D eigenvalue weighted by Gasteiger charge is 2.18. The largest absolute Gasteiger partial charge is 0.482 e. The number of esters is 1. The number of carbonyl (C=O) groups is 2. The summed E-state index contributed by atoms with van der Waals surface area (Å²) in [7, 11) is 0. The van der Waals surface area contributed by atoms with Crippen LogP contribution in [0.2, 0.25) is 10.0 Å². The Morgan fingerprint density at radius 2 is 2.00 bits per heavy atom. The minimum atomic E-state index is -1.04. The number of rotatable bonds is 6. The maximum Gasteiger partial charge on any atom is 0.344 e. The predicted octanol–water partition coefficient (Wildman–Crippen LogP) is 3.81. The van der Waals surface area contributed by atoms with Crippen LogP contribution >= 0.6 is 23.2 Å². The van der Waals surface area contributed by atoms with E-state index >= 15 is 0 Å². The Labute approximate surface area is 160 Å². The highest BCUT2D eigenvalue weighted by Crippen LogP contribution is 2.20. The lowest BCUT2D eigenvalue weighted by molar-refractivity contribution is -0.155. The van der Waals surface area contributed by atoms with Gasteiger partial charge in [-0.2, -0.15) is 5.26 Å². The quantitative estimate of drug-likeness (QED) is 0.754. The van der Waals surface area contributed by atoms with E-state index in [1.165, 1.54) is 25.1 Å². The molecule has 0 radical (unpaired) electrons. The predicted molar refractivity (Wildman–Crippen MR) is 97.3 cm³/mol. The van der Waals surface area contributed by atoms with Crippen LogP contribution in [0.4, 0.5) is 5.69 Å². The number of amides is 1. The molecule has 0 aromatic heterocycles. The minimum Gasteiger partial charge on any atom is -0.482 e. The topological polar surface area (TPSA) is 88.4 Å². The molecule has 0 saturated carbocycles. The minimum absolute atomic E-state index is 0.213. The van der Waals surface area contributed by atoms with E-state index in [0.717, 1.165) is 0 Å². The summed E-state index contributed by atoms with van der Waals surface area (Å²) in [6, 6.07) is 12.9. The molecule has 0 aliphatic rings. The number of hydrogen-bond donors (Lipinski definition) is 1. The SMILES string of the molecule is C[C@@H](OC(=O)COc1cccc(Cl)c1)C(=O)Nc1ccc(C#N)c(Cl)c1. The number of benzene rings is 2. The molecule has 26 heavy (non-hydrogen) atoms. The highest BCUT2D eigenvalue weighted by atomic mass is 35.5. The lowest BCUT2D eigenvalue weighted by atomic mass is 10.2. The molecule has 0 saturated heterocycles. The number of nitrogens with zero attached hydrogens (tertiary/aromatic N) is 1. The average molecular weight is 393 g/mol. The fourth-order valence-electron chi connectivity index (χ4n) is 1.91. The van der Waals surface area contributed by atoms with Crippen molar-refractivity contribution in [3.05, 3.63) is 58.1 Å². The van der Waals surface area contributed by atoms with E-state index in [0.29, 0.717) is 22.0 Å². The molecular weight excluding hydrogens is 379 g/mol. The summed E-state index contributed by atoms with van der Waals surface area (Å²) in [5.41, 5.74) is 0.680. The van der Waals surface area contributed by atoms with E-state index in [2.05, 4.69) is 5.32 Å². The molecule has 0 aliphatic heterocycles. The first kappa shape index (κ1) is 19.6. The van der Waals surface area contributed by atoms with Crippen molar-refractivity contribution in [3.8, 4) is 11.8 Å². The molecule has 2 aromatic rings. The lowest BCUT2D eigenvalue weighted by Gasteiger charge is -2.14. The Morgan fingerprint density at radius 1 is 1.23 bits per heavy atom. The van der Waals surface area contributed by atoms with Crippen LogP contribution < -0.4 is 10.1 Å². The van der Waals surface area contributed by atoms with Crippen molar-refractivity contribution in [2.75, 3.05) is 11.9 Å². The number of hydrogen-bond acceptors (Lipinski definition) is 5. The van der Waals surface area contributed by atoms with E-state index in [9.17, 15) is 9.59 Å². The van der Waals surface area contributed by atoms with Crippen LogP contribution in [0.15, 0.2) is 42.5 Å². The number of ether oxygens (including phenoxy) is 2. The normalized spacial score (nSPS) is 11.2. The standard InChI is InChI=1S/C18H14Cl2N2O4/c1-11(18(24)22-14-6-5-12(9-21)16(20)8-14)26-17(23)10-25-15-4-2-3-13(19)7-15/h2-8,11H,10H2,1H3,(H,22,24)/t11-/m1/s1. The molecule has 0 fully saturated rings. The fourth-order valence-corrected chi connectivity index (χ4v) is 2.31. The Balaban J connectivity index is 1.85. The lowest BCUT2D eigenvalue weighted by Crippen LogP contribution is -2.31. The Bertz CT molecular complexity index is 865. The van der Waals surface area contributed by atoms with Gasteiger partial charge in [-0.15, -0.1) is 0 Å². The second-order valence-electron chi connectivity index (χ2n) is 5.17. The number of carbonyl (C=O) groups excluding carboxylic acids is 2. The van der Waals surface area contributed by atoms with Crippen LogP contribution in [-0.2, 0) is 14.3 Å². The van der Waals surface area contributed by atoms with Gasteiger partial charge in [0.15, 0.2) is 12.7 Å². The zero-order valence-electron chi connectivity index (χ0n) is 13.7. The third-order valence-electron chi connectivity index (χ3n) is 3.19. The van der Waals surface area contributed by atoms with Gasteiger partial charge in [-0.3, -0.25) is 4.79 Å². The highest BCUT2D eigenvalue weighted by molar-refractivity contribution is 6.32. The molecule has 2 rings (SSSR count). The molecular formula is C18H14Cl2N2O4. The molecule has 1 atom stereocenters. The second-order valence-corrected chi connectivity index (χ2v) is 6.02. The van der Waals surface area contributed by atoms with Gasteiger partial charge >= 0.3 is 5.97 Å². The Morgan fingerprint density at radius 3 is 2.65 bits per heavy atom. The zero-order valence-corrected chi connectivity index (χ0v) is 15.2. The van der Waals surface area contributed by atoms with Crippen molar-refractivity contribution in [3.63, 3.8) is 0 Å². The number of anilines is 1. The molecule has 8 heteroatoms. The van der Waals surface area contributed by atoms with Crippen LogP contribution in [0, 0.1) is 11.3 Å². The Kier molecular flexibility index (Phi) is 6.84. The van der Waals surface area contributed by atoms with Gasteiger partial charge in [-0.1, -0.05) is 29.3 Å². The van der Waals surface area contributed by atoms with Crippen molar-refractivity contribution >= 4 is 40.8 Å². The maximum absolute atomic E-state index is 12.1. The monoisotopic (exact) mass is 392 g/mol. The van der Waals surface area contributed by atoms with Gasteiger partial charge in [0, 0.05) is 10.7 Å². The van der Waals surface area contributed by atoms with Gasteiger partial charge in [0.2, 0.25) is 0 Å². The van der Waals surface area contributed by atoms with Crippen LogP contribution in [0.25, 0.3) is 0 Å². The first-order valence-electron chi connectivity index (χ1n) is 7.47. The molecule has 0 unspecified atom stereocenters. The van der Waals surface area contributed by atoms with Crippen molar-refractivity contribution < 1.29 is 19.1 Å². The van der Waals surface area contributed by atoms with E-state index in [-0.39, 0.29) is 11.6 Å². The summed E-state index contributed by atoms with van der Waals surface area (Å²) in [5.74, 6) is -0.828. The van der Waals surface area contributed by atoms with E-state index in [1.807, 2.05) is 6.07 Å². The van der Waals surface area contributed by atoms with Gasteiger partial charge in [0.1, 0.15) is 11.8 Å². The molecule has 6 nitrogen and oxygen atoms in total. The van der Waals surface area contributed by atoms with Gasteiger partial charge in [-0.25, -0.2) is 4.79 Å². The van der Waals surface area contributed by atoms with E-state index in [1.54, 1.807) is 24.3 Å². The van der Waals surface area contributed by atoms with Crippen molar-refractivity contribution in [1.82, 2.24) is 0 Å². The van der Waals surface area contributed by atoms with Gasteiger partial charge in [0.25, 0.3) is 5.91 Å². The summed E-state index contributed by atoms with van der Waals surface area (Å²) in [4.78, 5) is 23.9. The summed E-state index contributed by atoms with van der Waals surface area (Å²) >= 11 is 11.7. The van der Waals surface area contributed by atoms with Gasteiger partial charge < -0.3 is 14.8 Å². The summed E-state index contributed by atoms with van der Waals surface area (Å²) < 4.78 is 10.3. The third kappa shape index (κ3) is 5.66. The summed E-state index contributed by atoms with van der Waals surface area (Å²) in [6.45, 7) is 1.07. The first-order valence-corrected chi connectivity index (χ1v) is 8.23. The van der Waals surface area contributed by atoms with Crippen LogP contribution in [0.1, 0.15) is 12.5 Å². The molecule has 2 aromatic carbocycles. The molecule has 0 bridgehead atoms. The molecule has 0 spiro atoms. The molecule has 134 valence electrons. The fraction of sp³-hybridized carbons (Fsp3) is 0.167. The van der Waals surface area contributed by atoms with E-state index in [4.69, 9.17) is 37.9 Å². The smallest absolute Gasteiger partial charge is 0.344 e. The van der Waals surface area contributed by atoms with Crippen molar-refractivity contribution in [2.24, 2.45) is 0 Å². The molecule has 0 heterocycles. The number of nitriles is 1. The van der Waals surface area contributed by atoms with Crippen LogP contribution in [0.3, 0.4) is 0 Å².